The van der Waals surface area contributed by atoms with Crippen molar-refractivity contribution in [2.75, 3.05) is 0 Å². The first-order valence-electron chi connectivity index (χ1n) is 8.78. The van der Waals surface area contributed by atoms with Gasteiger partial charge in [0.15, 0.2) is 5.65 Å². The second-order valence-corrected chi connectivity index (χ2v) is 6.85. The molecule has 4 rings (SSSR count). The zero-order valence-corrected chi connectivity index (χ0v) is 14.6. The Morgan fingerprint density at radius 1 is 1.23 bits per heavy atom. The van der Waals surface area contributed by atoms with Crippen LogP contribution in [0.3, 0.4) is 0 Å². The van der Waals surface area contributed by atoms with E-state index in [1.54, 1.807) is 18.3 Å². The zero-order chi connectivity index (χ0) is 18.1. The second kappa shape index (κ2) is 6.71. The number of amides is 1. The summed E-state index contributed by atoms with van der Waals surface area (Å²) in [6.07, 6.45) is 5.20. The first-order chi connectivity index (χ1) is 12.6. The Labute approximate surface area is 150 Å². The molecule has 6 nitrogen and oxygen atoms in total. The van der Waals surface area contributed by atoms with E-state index < -0.39 is 0 Å². The van der Waals surface area contributed by atoms with Crippen molar-refractivity contribution in [3.05, 3.63) is 70.4 Å². The fourth-order valence-corrected chi connectivity index (χ4v) is 3.16. The lowest BCUT2D eigenvalue weighted by Crippen LogP contribution is -2.35. The molecule has 1 N–H and O–H groups in total. The lowest BCUT2D eigenvalue weighted by Gasteiger charge is -2.19. The average Bonchev–Trinajstić information content (AvgIpc) is 3.48. The van der Waals surface area contributed by atoms with Crippen LogP contribution in [0.5, 0.6) is 0 Å². The molecule has 1 aliphatic carbocycles. The number of aryl methyl sites for hydroxylation is 1. The third-order valence-corrected chi connectivity index (χ3v) is 4.76. The summed E-state index contributed by atoms with van der Waals surface area (Å²) in [6, 6.07) is 11.6. The lowest BCUT2D eigenvalue weighted by molar-refractivity contribution is -0.122. The number of carbonyl (C=O) groups excluding carboxylic acids is 1. The van der Waals surface area contributed by atoms with Gasteiger partial charge in [0.05, 0.1) is 11.4 Å². The van der Waals surface area contributed by atoms with Crippen molar-refractivity contribution in [1.29, 1.82) is 0 Å². The molecule has 0 saturated heterocycles. The number of aromatic nitrogens is 3. The molecule has 1 aromatic carbocycles. The van der Waals surface area contributed by atoms with E-state index in [4.69, 9.17) is 0 Å². The van der Waals surface area contributed by atoms with Crippen molar-refractivity contribution in [1.82, 2.24) is 19.9 Å². The highest BCUT2D eigenvalue weighted by Gasteiger charge is 2.33. The van der Waals surface area contributed by atoms with E-state index in [2.05, 4.69) is 39.6 Å². The van der Waals surface area contributed by atoms with Gasteiger partial charge in [0.1, 0.15) is 12.9 Å². The summed E-state index contributed by atoms with van der Waals surface area (Å²) < 4.78 is 1.33. The molecule has 2 aromatic heterocycles. The SMILES string of the molecule is Cc1ccc([C@H](NC(=O)Cn2cnc3ncccc3c2=O)C2CC2)cc1. The Morgan fingerprint density at radius 3 is 2.73 bits per heavy atom. The first kappa shape index (κ1) is 16.4. The molecule has 0 radical (unpaired) electrons. The molecule has 0 aliphatic heterocycles. The molecule has 132 valence electrons. The minimum atomic E-state index is -0.253. The highest BCUT2D eigenvalue weighted by molar-refractivity contribution is 5.77. The molecule has 6 heteroatoms. The average molecular weight is 348 g/mol. The van der Waals surface area contributed by atoms with E-state index in [1.807, 2.05) is 6.92 Å². The molecular weight excluding hydrogens is 328 g/mol. The predicted octanol–water partition coefficient (Wildman–Crippen LogP) is 2.37. The molecule has 1 amide bonds. The van der Waals surface area contributed by atoms with Crippen LogP contribution in [0.2, 0.25) is 0 Å². The largest absolute Gasteiger partial charge is 0.347 e. The summed E-state index contributed by atoms with van der Waals surface area (Å²) in [5.74, 6) is 0.284. The van der Waals surface area contributed by atoms with Crippen LogP contribution in [0.15, 0.2) is 53.7 Å². The number of hydrogen-bond donors (Lipinski definition) is 1. The van der Waals surface area contributed by atoms with Crippen LogP contribution in [0, 0.1) is 12.8 Å². The highest BCUT2D eigenvalue weighted by atomic mass is 16.2. The van der Waals surface area contributed by atoms with E-state index in [0.29, 0.717) is 17.0 Å². The molecule has 3 aromatic rings. The number of hydrogen-bond acceptors (Lipinski definition) is 4. The minimum Gasteiger partial charge on any atom is -0.347 e. The number of rotatable bonds is 5. The predicted molar refractivity (Wildman–Crippen MR) is 98.6 cm³/mol. The maximum Gasteiger partial charge on any atom is 0.263 e. The molecule has 0 unspecified atom stereocenters. The number of nitrogens with zero attached hydrogens (tertiary/aromatic N) is 3. The fraction of sp³-hybridized carbons (Fsp3) is 0.300. The summed E-state index contributed by atoms with van der Waals surface area (Å²) in [5, 5.41) is 3.51. The van der Waals surface area contributed by atoms with Crippen molar-refractivity contribution in [2.45, 2.75) is 32.4 Å². The maximum absolute atomic E-state index is 12.6. The van der Waals surface area contributed by atoms with Crippen molar-refractivity contribution in [3.63, 3.8) is 0 Å². The van der Waals surface area contributed by atoms with E-state index in [-0.39, 0.29) is 24.1 Å². The molecule has 1 aliphatic rings. The maximum atomic E-state index is 12.6. The third-order valence-electron chi connectivity index (χ3n) is 4.76. The molecule has 1 atom stereocenters. The van der Waals surface area contributed by atoms with Crippen LogP contribution in [0.25, 0.3) is 11.0 Å². The van der Waals surface area contributed by atoms with E-state index in [1.165, 1.54) is 16.5 Å². The van der Waals surface area contributed by atoms with Gasteiger partial charge in [-0.05, 0) is 43.4 Å². The van der Waals surface area contributed by atoms with Gasteiger partial charge in [-0.15, -0.1) is 0 Å². The van der Waals surface area contributed by atoms with Gasteiger partial charge in [-0.3, -0.25) is 14.2 Å². The molecule has 0 spiro atoms. The minimum absolute atomic E-state index is 0.00566. The van der Waals surface area contributed by atoms with Crippen LogP contribution in [0.4, 0.5) is 0 Å². The first-order valence-corrected chi connectivity index (χ1v) is 8.78. The standard InChI is InChI=1S/C20H20N4O2/c1-13-4-6-14(7-5-13)18(15-8-9-15)23-17(25)11-24-12-22-19-16(20(24)26)3-2-10-21-19/h2-7,10,12,15,18H,8-9,11H2,1H3,(H,23,25)/t18-/m0/s1. The topological polar surface area (TPSA) is 76.9 Å². The number of carbonyl (C=O) groups is 1. The summed E-state index contributed by atoms with van der Waals surface area (Å²) in [5.41, 5.74) is 2.44. The summed E-state index contributed by atoms with van der Waals surface area (Å²) in [7, 11) is 0. The van der Waals surface area contributed by atoms with Crippen LogP contribution in [-0.4, -0.2) is 20.4 Å². The van der Waals surface area contributed by atoms with Gasteiger partial charge in [0.25, 0.3) is 5.56 Å². The lowest BCUT2D eigenvalue weighted by atomic mass is 10.0. The Morgan fingerprint density at radius 2 is 2.00 bits per heavy atom. The van der Waals surface area contributed by atoms with Crippen LogP contribution < -0.4 is 10.9 Å². The van der Waals surface area contributed by atoms with Gasteiger partial charge in [0, 0.05) is 6.20 Å². The highest BCUT2D eigenvalue weighted by Crippen LogP contribution is 2.41. The smallest absolute Gasteiger partial charge is 0.263 e. The molecule has 1 fully saturated rings. The van der Waals surface area contributed by atoms with Crippen LogP contribution >= 0.6 is 0 Å². The van der Waals surface area contributed by atoms with Crippen molar-refractivity contribution >= 4 is 16.9 Å². The van der Waals surface area contributed by atoms with Gasteiger partial charge in [-0.1, -0.05) is 29.8 Å². The van der Waals surface area contributed by atoms with Crippen molar-refractivity contribution < 1.29 is 4.79 Å². The number of pyridine rings is 1. The Hall–Kier alpha value is -3.02. The van der Waals surface area contributed by atoms with Gasteiger partial charge >= 0.3 is 0 Å². The van der Waals surface area contributed by atoms with Gasteiger partial charge in [0.2, 0.25) is 5.91 Å². The third kappa shape index (κ3) is 3.35. The van der Waals surface area contributed by atoms with E-state index in [9.17, 15) is 9.59 Å². The number of nitrogens with one attached hydrogen (secondary N) is 1. The quantitative estimate of drug-likeness (QED) is 0.768. The van der Waals surface area contributed by atoms with E-state index in [0.717, 1.165) is 18.4 Å². The molecule has 0 bridgehead atoms. The fourth-order valence-electron chi connectivity index (χ4n) is 3.16. The number of fused-ring (bicyclic) bond motifs is 1. The molecule has 1 saturated carbocycles. The second-order valence-electron chi connectivity index (χ2n) is 6.85. The van der Waals surface area contributed by atoms with Gasteiger partial charge in [-0.25, -0.2) is 9.97 Å². The zero-order valence-electron chi connectivity index (χ0n) is 14.6. The molecule has 26 heavy (non-hydrogen) atoms. The summed E-state index contributed by atoms with van der Waals surface area (Å²) >= 11 is 0. The Kier molecular flexibility index (Phi) is 4.24. The summed E-state index contributed by atoms with van der Waals surface area (Å²) in [6.45, 7) is 1.99. The normalized spacial score (nSPS) is 15.0. The van der Waals surface area contributed by atoms with Crippen LogP contribution in [0.1, 0.15) is 30.0 Å². The molecule has 2 heterocycles. The Bertz CT molecular complexity index is 1010. The van der Waals surface area contributed by atoms with Crippen molar-refractivity contribution in [2.24, 2.45) is 5.92 Å². The van der Waals surface area contributed by atoms with Gasteiger partial charge < -0.3 is 5.32 Å². The van der Waals surface area contributed by atoms with Crippen LogP contribution in [-0.2, 0) is 11.3 Å². The summed E-state index contributed by atoms with van der Waals surface area (Å²) in [4.78, 5) is 33.3. The Balaban J connectivity index is 1.53. The molecular formula is C20H20N4O2. The van der Waals surface area contributed by atoms with E-state index >= 15 is 0 Å². The van der Waals surface area contributed by atoms with Gasteiger partial charge in [-0.2, -0.15) is 0 Å². The number of benzene rings is 1. The monoisotopic (exact) mass is 348 g/mol. The van der Waals surface area contributed by atoms with Crippen molar-refractivity contribution in [3.8, 4) is 0 Å².